The summed E-state index contributed by atoms with van der Waals surface area (Å²) in [6.45, 7) is 0. The van der Waals surface area contributed by atoms with Gasteiger partial charge in [-0.05, 0) is 25.0 Å². The minimum absolute atomic E-state index is 0.0422. The van der Waals surface area contributed by atoms with Crippen molar-refractivity contribution in [2.24, 2.45) is 5.84 Å². The van der Waals surface area contributed by atoms with E-state index in [2.05, 4.69) is 5.43 Å². The van der Waals surface area contributed by atoms with Gasteiger partial charge in [-0.1, -0.05) is 12.1 Å². The number of hydrogen-bond donors (Lipinski definition) is 2. The minimum Gasteiger partial charge on any atom is -0.487 e. The van der Waals surface area contributed by atoms with Crippen molar-refractivity contribution in [3.8, 4) is 5.75 Å². The van der Waals surface area contributed by atoms with Crippen LogP contribution in [0.1, 0.15) is 12.8 Å². The third-order valence-electron chi connectivity index (χ3n) is 3.22. The number of ether oxygens (including phenoxy) is 1. The number of fused-ring (bicyclic) bond motifs is 1. The molecular formula is C13H20N2O3S2. The Morgan fingerprint density at radius 2 is 2.25 bits per heavy atom. The lowest BCUT2D eigenvalue weighted by atomic mass is 10.1. The maximum absolute atomic E-state index is 11.2. The highest BCUT2D eigenvalue weighted by Crippen LogP contribution is 2.36. The van der Waals surface area contributed by atoms with Gasteiger partial charge in [0.15, 0.2) is 0 Å². The number of para-hydroxylation sites is 1. The van der Waals surface area contributed by atoms with Crippen molar-refractivity contribution in [1.29, 1.82) is 0 Å². The van der Waals surface area contributed by atoms with Crippen molar-refractivity contribution in [2.45, 2.75) is 29.9 Å². The fraction of sp³-hybridized carbons (Fsp3) is 0.538. The van der Waals surface area contributed by atoms with Gasteiger partial charge >= 0.3 is 0 Å². The highest BCUT2D eigenvalue weighted by Gasteiger charge is 2.27. The lowest BCUT2D eigenvalue weighted by Gasteiger charge is -2.31. The predicted molar refractivity (Wildman–Crippen MR) is 81.6 cm³/mol. The first-order valence-corrected chi connectivity index (χ1v) is 9.56. The highest BCUT2D eigenvalue weighted by molar-refractivity contribution is 7.99. The van der Waals surface area contributed by atoms with Gasteiger partial charge in [-0.2, -0.15) is 0 Å². The van der Waals surface area contributed by atoms with Crippen LogP contribution in [-0.2, 0) is 9.84 Å². The van der Waals surface area contributed by atoms with E-state index < -0.39 is 9.84 Å². The number of benzene rings is 1. The zero-order valence-corrected chi connectivity index (χ0v) is 13.0. The van der Waals surface area contributed by atoms with Crippen LogP contribution in [0.3, 0.4) is 0 Å². The average Bonchev–Trinajstić information content (AvgIpc) is 2.42. The largest absolute Gasteiger partial charge is 0.487 e. The standard InChI is InChI=1S/C13H20N2O3S2/c1-20(16,17)8-4-5-10(15-14)12-9-19-13-7-3-2-6-11(13)18-12/h2-3,6-7,10,12,15H,4-5,8-9,14H2,1H3. The van der Waals surface area contributed by atoms with E-state index in [1.54, 1.807) is 11.8 Å². The monoisotopic (exact) mass is 316 g/mol. The smallest absolute Gasteiger partial charge is 0.147 e. The van der Waals surface area contributed by atoms with Crippen molar-refractivity contribution < 1.29 is 13.2 Å². The second-order valence-electron chi connectivity index (χ2n) is 4.96. The molecule has 0 amide bonds. The second-order valence-corrected chi connectivity index (χ2v) is 8.28. The summed E-state index contributed by atoms with van der Waals surface area (Å²) in [6.07, 6.45) is 2.47. The normalized spacial score (nSPS) is 20.0. The summed E-state index contributed by atoms with van der Waals surface area (Å²) in [6, 6.07) is 7.86. The minimum atomic E-state index is -2.92. The summed E-state index contributed by atoms with van der Waals surface area (Å²) in [5, 5.41) is 0. The molecule has 3 N–H and O–H groups in total. The molecule has 1 aromatic rings. The van der Waals surface area contributed by atoms with Crippen LogP contribution in [0.25, 0.3) is 0 Å². The highest BCUT2D eigenvalue weighted by atomic mass is 32.2. The lowest BCUT2D eigenvalue weighted by Crippen LogP contribution is -2.48. The number of nitrogens with two attached hydrogens (primary N) is 1. The van der Waals surface area contributed by atoms with Crippen LogP contribution < -0.4 is 16.0 Å². The molecular weight excluding hydrogens is 296 g/mol. The third-order valence-corrected chi connectivity index (χ3v) is 5.40. The molecule has 0 radical (unpaired) electrons. The molecule has 7 heteroatoms. The molecule has 0 fully saturated rings. The summed E-state index contributed by atoms with van der Waals surface area (Å²) in [5.41, 5.74) is 2.76. The van der Waals surface area contributed by atoms with Crippen molar-refractivity contribution in [3.63, 3.8) is 0 Å². The molecule has 0 aliphatic carbocycles. The van der Waals surface area contributed by atoms with Crippen molar-refractivity contribution in [3.05, 3.63) is 24.3 Å². The molecule has 112 valence electrons. The van der Waals surface area contributed by atoms with Crippen LogP contribution in [0.4, 0.5) is 0 Å². The number of hydrogen-bond acceptors (Lipinski definition) is 6. The molecule has 0 aromatic heterocycles. The van der Waals surface area contributed by atoms with Crippen molar-refractivity contribution >= 4 is 21.6 Å². The molecule has 2 atom stereocenters. The summed E-state index contributed by atoms with van der Waals surface area (Å²) in [5.74, 6) is 7.45. The Morgan fingerprint density at radius 3 is 2.95 bits per heavy atom. The third kappa shape index (κ3) is 4.37. The zero-order valence-electron chi connectivity index (χ0n) is 11.4. The van der Waals surface area contributed by atoms with Crippen LogP contribution in [0.5, 0.6) is 5.75 Å². The first-order valence-electron chi connectivity index (χ1n) is 6.52. The molecule has 0 spiro atoms. The molecule has 5 nitrogen and oxygen atoms in total. The first-order chi connectivity index (χ1) is 9.49. The van der Waals surface area contributed by atoms with Crippen molar-refractivity contribution in [2.75, 3.05) is 17.8 Å². The Morgan fingerprint density at radius 1 is 1.50 bits per heavy atom. The fourth-order valence-electron chi connectivity index (χ4n) is 2.18. The number of rotatable bonds is 6. The topological polar surface area (TPSA) is 81.4 Å². The molecule has 2 rings (SSSR count). The van der Waals surface area contributed by atoms with E-state index in [-0.39, 0.29) is 17.9 Å². The molecule has 0 saturated heterocycles. The molecule has 0 bridgehead atoms. The van der Waals surface area contributed by atoms with Gasteiger partial charge in [0.05, 0.1) is 6.04 Å². The van der Waals surface area contributed by atoms with Crippen LogP contribution in [0.15, 0.2) is 29.2 Å². The van der Waals surface area contributed by atoms with Gasteiger partial charge < -0.3 is 4.74 Å². The second kappa shape index (κ2) is 6.80. The van der Waals surface area contributed by atoms with Crippen LogP contribution in [-0.4, -0.2) is 38.3 Å². The molecule has 1 aliphatic heterocycles. The molecule has 1 aromatic carbocycles. The maximum atomic E-state index is 11.2. The molecule has 2 unspecified atom stereocenters. The van der Waals surface area contributed by atoms with Crippen LogP contribution in [0.2, 0.25) is 0 Å². The average molecular weight is 316 g/mol. The zero-order chi connectivity index (χ0) is 14.6. The number of hydrazine groups is 1. The van der Waals surface area contributed by atoms with Gasteiger partial charge in [-0.25, -0.2) is 8.42 Å². The Hall–Kier alpha value is -0.760. The Labute approximate surface area is 124 Å². The van der Waals surface area contributed by atoms with E-state index in [9.17, 15) is 8.42 Å². The van der Waals surface area contributed by atoms with Crippen molar-refractivity contribution in [1.82, 2.24) is 5.43 Å². The van der Waals surface area contributed by atoms with Gasteiger partial charge in [-0.15, -0.1) is 11.8 Å². The maximum Gasteiger partial charge on any atom is 0.147 e. The van der Waals surface area contributed by atoms with Gasteiger partial charge in [0.1, 0.15) is 21.7 Å². The van der Waals surface area contributed by atoms with E-state index in [1.807, 2.05) is 24.3 Å². The Balaban J connectivity index is 1.93. The quantitative estimate of drug-likeness (QED) is 0.606. The Kier molecular flexibility index (Phi) is 5.31. The fourth-order valence-corrected chi connectivity index (χ4v) is 3.94. The molecule has 1 aliphatic rings. The van der Waals surface area contributed by atoms with E-state index >= 15 is 0 Å². The predicted octanol–water partition coefficient (Wildman–Crippen LogP) is 1.20. The van der Waals surface area contributed by atoms with Crippen LogP contribution >= 0.6 is 11.8 Å². The van der Waals surface area contributed by atoms with E-state index in [0.717, 1.165) is 16.4 Å². The number of nitrogens with one attached hydrogen (secondary N) is 1. The lowest BCUT2D eigenvalue weighted by molar-refractivity contribution is 0.160. The van der Waals surface area contributed by atoms with E-state index in [1.165, 1.54) is 6.26 Å². The van der Waals surface area contributed by atoms with Crippen LogP contribution in [0, 0.1) is 0 Å². The van der Waals surface area contributed by atoms with Gasteiger partial charge in [0, 0.05) is 22.7 Å². The summed E-state index contributed by atoms with van der Waals surface area (Å²) >= 11 is 1.74. The summed E-state index contributed by atoms with van der Waals surface area (Å²) < 4.78 is 28.3. The molecule has 1 heterocycles. The summed E-state index contributed by atoms with van der Waals surface area (Å²) in [7, 11) is -2.92. The van der Waals surface area contributed by atoms with E-state index in [4.69, 9.17) is 10.6 Å². The SMILES string of the molecule is CS(=O)(=O)CCCC(NN)C1CSc2ccccc2O1. The summed E-state index contributed by atoms with van der Waals surface area (Å²) in [4.78, 5) is 1.13. The molecule has 20 heavy (non-hydrogen) atoms. The van der Waals surface area contributed by atoms with Gasteiger partial charge in [0.2, 0.25) is 0 Å². The van der Waals surface area contributed by atoms with E-state index in [0.29, 0.717) is 12.8 Å². The number of sulfone groups is 1. The number of thioether (sulfide) groups is 1. The Bertz CT molecular complexity index is 548. The van der Waals surface area contributed by atoms with Gasteiger partial charge in [0.25, 0.3) is 0 Å². The van der Waals surface area contributed by atoms with Gasteiger partial charge in [-0.3, -0.25) is 11.3 Å². The molecule has 0 saturated carbocycles. The first kappa shape index (κ1) is 15.6.